The average molecular weight is 259 g/mol. The Morgan fingerprint density at radius 2 is 2.00 bits per heavy atom. The van der Waals surface area contributed by atoms with Crippen LogP contribution in [0.5, 0.6) is 5.75 Å². The van der Waals surface area contributed by atoms with Crippen LogP contribution in [0.4, 0.5) is 0 Å². The number of methoxy groups -OCH3 is 1. The van der Waals surface area contributed by atoms with Gasteiger partial charge in [0, 0.05) is 7.05 Å². The van der Waals surface area contributed by atoms with E-state index in [1.54, 1.807) is 7.11 Å². The van der Waals surface area contributed by atoms with Crippen LogP contribution in [0.3, 0.4) is 0 Å². The maximum Gasteiger partial charge on any atom is 0.119 e. The van der Waals surface area contributed by atoms with Gasteiger partial charge in [-0.15, -0.1) is 0 Å². The molecule has 0 saturated carbocycles. The minimum Gasteiger partial charge on any atom is -0.497 e. The van der Waals surface area contributed by atoms with Crippen molar-refractivity contribution < 1.29 is 4.74 Å². The summed E-state index contributed by atoms with van der Waals surface area (Å²) >= 11 is 0. The quantitative estimate of drug-likeness (QED) is 0.916. The second-order valence-corrected chi connectivity index (χ2v) is 4.78. The summed E-state index contributed by atoms with van der Waals surface area (Å²) in [7, 11) is 5.64. The Balaban J connectivity index is 2.45. The van der Waals surface area contributed by atoms with Crippen molar-refractivity contribution in [3.05, 3.63) is 46.8 Å². The highest BCUT2D eigenvalue weighted by atomic mass is 16.5. The average Bonchev–Trinajstić information content (AvgIpc) is 2.71. The Kier molecular flexibility index (Phi) is 3.90. The molecular weight excluding hydrogens is 238 g/mol. The zero-order chi connectivity index (χ0) is 14.0. The van der Waals surface area contributed by atoms with Crippen LogP contribution in [0.25, 0.3) is 0 Å². The number of nitrogens with one attached hydrogen (secondary N) is 1. The molecule has 0 spiro atoms. The molecule has 2 rings (SSSR count). The second kappa shape index (κ2) is 5.45. The van der Waals surface area contributed by atoms with E-state index in [0.717, 1.165) is 17.1 Å². The summed E-state index contributed by atoms with van der Waals surface area (Å²) in [5, 5.41) is 7.79. The molecule has 0 saturated heterocycles. The van der Waals surface area contributed by atoms with Gasteiger partial charge in [-0.2, -0.15) is 5.10 Å². The third-order valence-electron chi connectivity index (χ3n) is 3.41. The molecule has 0 aliphatic rings. The molecule has 0 amide bonds. The van der Waals surface area contributed by atoms with Crippen molar-refractivity contribution in [1.82, 2.24) is 15.1 Å². The monoisotopic (exact) mass is 259 g/mol. The van der Waals surface area contributed by atoms with E-state index in [1.165, 1.54) is 11.1 Å². The van der Waals surface area contributed by atoms with Gasteiger partial charge in [-0.1, -0.05) is 6.07 Å². The Labute approximate surface area is 114 Å². The lowest BCUT2D eigenvalue weighted by Gasteiger charge is -2.19. The number of benzene rings is 1. The fraction of sp³-hybridized carbons (Fsp3) is 0.400. The summed E-state index contributed by atoms with van der Waals surface area (Å²) in [4.78, 5) is 0. The summed E-state index contributed by atoms with van der Waals surface area (Å²) in [6, 6.07) is 8.42. The Bertz CT molecular complexity index is 575. The molecule has 0 bridgehead atoms. The largest absolute Gasteiger partial charge is 0.497 e. The number of aryl methyl sites for hydroxylation is 3. The minimum atomic E-state index is 0.136. The van der Waals surface area contributed by atoms with Crippen LogP contribution in [0.2, 0.25) is 0 Å². The molecule has 1 N–H and O–H groups in total. The van der Waals surface area contributed by atoms with Gasteiger partial charge in [-0.3, -0.25) is 4.68 Å². The Hall–Kier alpha value is -1.81. The normalized spacial score (nSPS) is 12.5. The standard InChI is InChI=1S/C15H21N3O/c1-10-8-12(19-5)6-7-13(10)15(16-3)14-9-11(2)17-18(14)4/h6-9,15-16H,1-5H3. The molecule has 0 aliphatic carbocycles. The summed E-state index contributed by atoms with van der Waals surface area (Å²) < 4.78 is 7.19. The lowest BCUT2D eigenvalue weighted by molar-refractivity contribution is 0.414. The maximum absolute atomic E-state index is 5.26. The Morgan fingerprint density at radius 3 is 2.47 bits per heavy atom. The van der Waals surface area contributed by atoms with Crippen LogP contribution >= 0.6 is 0 Å². The first kappa shape index (κ1) is 13.6. The molecule has 1 heterocycles. The number of hydrogen-bond acceptors (Lipinski definition) is 3. The molecule has 19 heavy (non-hydrogen) atoms. The molecule has 2 aromatic rings. The van der Waals surface area contributed by atoms with Gasteiger partial charge in [0.05, 0.1) is 24.5 Å². The zero-order valence-corrected chi connectivity index (χ0v) is 12.2. The van der Waals surface area contributed by atoms with Crippen molar-refractivity contribution in [1.29, 1.82) is 0 Å². The zero-order valence-electron chi connectivity index (χ0n) is 12.2. The minimum absolute atomic E-state index is 0.136. The molecular formula is C15H21N3O. The van der Waals surface area contributed by atoms with Crippen LogP contribution in [0.15, 0.2) is 24.3 Å². The van der Waals surface area contributed by atoms with E-state index >= 15 is 0 Å². The van der Waals surface area contributed by atoms with Gasteiger partial charge in [0.15, 0.2) is 0 Å². The topological polar surface area (TPSA) is 39.1 Å². The van der Waals surface area contributed by atoms with E-state index in [2.05, 4.69) is 35.5 Å². The molecule has 4 nitrogen and oxygen atoms in total. The van der Waals surface area contributed by atoms with Crippen LogP contribution in [-0.2, 0) is 7.05 Å². The van der Waals surface area contributed by atoms with Gasteiger partial charge in [0.2, 0.25) is 0 Å². The van der Waals surface area contributed by atoms with E-state index in [4.69, 9.17) is 4.74 Å². The number of rotatable bonds is 4. The van der Waals surface area contributed by atoms with E-state index in [9.17, 15) is 0 Å². The molecule has 1 aromatic heterocycles. The van der Waals surface area contributed by atoms with Crippen molar-refractivity contribution in [2.75, 3.05) is 14.2 Å². The SMILES string of the molecule is CNC(c1ccc(OC)cc1C)c1cc(C)nn1C. The number of ether oxygens (including phenoxy) is 1. The molecule has 1 aromatic carbocycles. The van der Waals surface area contributed by atoms with Gasteiger partial charge in [-0.05, 0) is 50.2 Å². The van der Waals surface area contributed by atoms with Crippen molar-refractivity contribution in [3.63, 3.8) is 0 Å². The molecule has 1 unspecified atom stereocenters. The van der Waals surface area contributed by atoms with Gasteiger partial charge in [0.1, 0.15) is 5.75 Å². The maximum atomic E-state index is 5.26. The number of nitrogens with zero attached hydrogens (tertiary/aromatic N) is 2. The predicted octanol–water partition coefficient (Wildman–Crippen LogP) is 2.35. The third kappa shape index (κ3) is 2.63. The highest BCUT2D eigenvalue weighted by molar-refractivity contribution is 5.40. The van der Waals surface area contributed by atoms with Gasteiger partial charge < -0.3 is 10.1 Å². The first-order chi connectivity index (χ1) is 9.06. The van der Waals surface area contributed by atoms with E-state index < -0.39 is 0 Å². The van der Waals surface area contributed by atoms with Gasteiger partial charge in [-0.25, -0.2) is 0 Å². The second-order valence-electron chi connectivity index (χ2n) is 4.78. The predicted molar refractivity (Wildman–Crippen MR) is 76.6 cm³/mol. The Morgan fingerprint density at radius 1 is 1.26 bits per heavy atom. The van der Waals surface area contributed by atoms with Crippen molar-refractivity contribution >= 4 is 0 Å². The van der Waals surface area contributed by atoms with Crippen LogP contribution < -0.4 is 10.1 Å². The van der Waals surface area contributed by atoms with Crippen LogP contribution in [0, 0.1) is 13.8 Å². The first-order valence-corrected chi connectivity index (χ1v) is 6.39. The van der Waals surface area contributed by atoms with Gasteiger partial charge in [0.25, 0.3) is 0 Å². The summed E-state index contributed by atoms with van der Waals surface area (Å²) in [5.74, 6) is 0.886. The number of hydrogen-bond donors (Lipinski definition) is 1. The summed E-state index contributed by atoms with van der Waals surface area (Å²) in [5.41, 5.74) is 4.64. The molecule has 4 heteroatoms. The fourth-order valence-corrected chi connectivity index (χ4v) is 2.46. The molecule has 0 fully saturated rings. The van der Waals surface area contributed by atoms with E-state index in [-0.39, 0.29) is 6.04 Å². The lowest BCUT2D eigenvalue weighted by atomic mass is 9.98. The summed E-state index contributed by atoms with van der Waals surface area (Å²) in [6.45, 7) is 4.11. The van der Waals surface area contributed by atoms with Crippen molar-refractivity contribution in [2.45, 2.75) is 19.9 Å². The lowest BCUT2D eigenvalue weighted by Crippen LogP contribution is -2.21. The van der Waals surface area contributed by atoms with Gasteiger partial charge >= 0.3 is 0 Å². The summed E-state index contributed by atoms with van der Waals surface area (Å²) in [6.07, 6.45) is 0. The molecule has 102 valence electrons. The third-order valence-corrected chi connectivity index (χ3v) is 3.41. The fourth-order valence-electron chi connectivity index (χ4n) is 2.46. The van der Waals surface area contributed by atoms with Crippen LogP contribution in [-0.4, -0.2) is 23.9 Å². The van der Waals surface area contributed by atoms with E-state index in [1.807, 2.05) is 31.8 Å². The molecule has 0 radical (unpaired) electrons. The van der Waals surface area contributed by atoms with Crippen LogP contribution in [0.1, 0.15) is 28.6 Å². The number of aromatic nitrogens is 2. The molecule has 0 aliphatic heterocycles. The van der Waals surface area contributed by atoms with Crippen molar-refractivity contribution in [2.24, 2.45) is 7.05 Å². The first-order valence-electron chi connectivity index (χ1n) is 6.39. The smallest absolute Gasteiger partial charge is 0.119 e. The molecule has 1 atom stereocenters. The highest BCUT2D eigenvalue weighted by Gasteiger charge is 2.18. The highest BCUT2D eigenvalue weighted by Crippen LogP contribution is 2.27. The van der Waals surface area contributed by atoms with E-state index in [0.29, 0.717) is 0 Å². The van der Waals surface area contributed by atoms with Crippen molar-refractivity contribution in [3.8, 4) is 5.75 Å².